The fourth-order valence-electron chi connectivity index (χ4n) is 3.95. The fourth-order valence-corrected chi connectivity index (χ4v) is 3.95. The number of nitrogens with one attached hydrogen (secondary N) is 1. The highest BCUT2D eigenvalue weighted by atomic mass is 19.1. The number of hydrogen-bond donors (Lipinski definition) is 1. The van der Waals surface area contributed by atoms with Gasteiger partial charge in [-0.05, 0) is 36.8 Å². The Morgan fingerprint density at radius 1 is 1.00 bits per heavy atom. The van der Waals surface area contributed by atoms with Gasteiger partial charge in [-0.15, -0.1) is 0 Å². The molecule has 2 aromatic rings. The molecule has 2 heterocycles. The second-order valence-electron chi connectivity index (χ2n) is 7.65. The molecular weight excluding hydrogens is 413 g/mol. The van der Waals surface area contributed by atoms with Crippen molar-refractivity contribution in [2.24, 2.45) is 0 Å². The van der Waals surface area contributed by atoms with E-state index >= 15 is 0 Å². The van der Waals surface area contributed by atoms with Gasteiger partial charge < -0.3 is 14.8 Å². The van der Waals surface area contributed by atoms with Crippen LogP contribution in [0, 0.1) is 5.82 Å². The van der Waals surface area contributed by atoms with Crippen molar-refractivity contribution in [1.29, 1.82) is 0 Å². The van der Waals surface area contributed by atoms with Crippen molar-refractivity contribution in [3.8, 4) is 5.75 Å². The average molecular weight is 439 g/mol. The number of amides is 2. The molecule has 1 saturated heterocycles. The number of halogens is 1. The summed E-state index contributed by atoms with van der Waals surface area (Å²) in [6.45, 7) is 4.20. The number of carbonyl (C=O) groups excluding carboxylic acids is 2. The first-order valence-electron chi connectivity index (χ1n) is 10.6. The highest BCUT2D eigenvalue weighted by Gasteiger charge is 2.40. The molecule has 0 unspecified atom stereocenters. The van der Waals surface area contributed by atoms with E-state index in [1.807, 2.05) is 0 Å². The minimum atomic E-state index is -0.401. The zero-order chi connectivity index (χ0) is 22.5. The monoisotopic (exact) mass is 439 g/mol. The predicted molar refractivity (Wildman–Crippen MR) is 119 cm³/mol. The van der Waals surface area contributed by atoms with Gasteiger partial charge in [-0.25, -0.2) is 4.39 Å². The molecule has 0 aromatic heterocycles. The van der Waals surface area contributed by atoms with Crippen molar-refractivity contribution < 1.29 is 23.5 Å². The lowest BCUT2D eigenvalue weighted by Crippen LogP contribution is -2.39. The molecule has 2 aliphatic rings. The predicted octanol–water partition coefficient (Wildman–Crippen LogP) is 2.75. The fraction of sp³-hybridized carbons (Fsp3) is 0.333. The molecule has 0 bridgehead atoms. The molecule has 8 heteroatoms. The number of rotatable bonds is 8. The molecule has 1 N–H and O–H groups in total. The van der Waals surface area contributed by atoms with Crippen LogP contribution in [0.5, 0.6) is 5.75 Å². The SMILES string of the molecule is COc1ccccc1C1=C(Nc2ccc(F)cc2)C(=O)N(CCCN2CCOCC2)C1=O. The molecule has 0 radical (unpaired) electrons. The van der Waals surface area contributed by atoms with Gasteiger partial charge in [0.2, 0.25) is 0 Å². The lowest BCUT2D eigenvalue weighted by molar-refractivity contribution is -0.136. The van der Waals surface area contributed by atoms with Crippen LogP contribution in [0.15, 0.2) is 54.2 Å². The summed E-state index contributed by atoms with van der Waals surface area (Å²) in [5.74, 6) is -0.654. The molecular formula is C24H26FN3O4. The highest BCUT2D eigenvalue weighted by Crippen LogP contribution is 2.35. The topological polar surface area (TPSA) is 71.1 Å². The molecule has 0 spiro atoms. The Morgan fingerprint density at radius 2 is 1.72 bits per heavy atom. The van der Waals surface area contributed by atoms with Crippen LogP contribution >= 0.6 is 0 Å². The largest absolute Gasteiger partial charge is 0.496 e. The van der Waals surface area contributed by atoms with Crippen LogP contribution in [0.3, 0.4) is 0 Å². The number of para-hydroxylation sites is 1. The van der Waals surface area contributed by atoms with Crippen LogP contribution in [-0.4, -0.2) is 68.1 Å². The van der Waals surface area contributed by atoms with Gasteiger partial charge in [0, 0.05) is 37.4 Å². The van der Waals surface area contributed by atoms with Crippen molar-refractivity contribution in [2.45, 2.75) is 6.42 Å². The number of nitrogens with zero attached hydrogens (tertiary/aromatic N) is 2. The Bertz CT molecular complexity index is 1020. The third-order valence-electron chi connectivity index (χ3n) is 5.62. The number of hydrogen-bond acceptors (Lipinski definition) is 6. The standard InChI is InChI=1S/C24H26FN3O4/c1-31-20-6-3-2-5-19(20)21-22(26-18-9-7-17(25)8-10-18)24(30)28(23(21)29)12-4-11-27-13-15-32-16-14-27/h2-3,5-10,26H,4,11-16H2,1H3. The molecule has 0 saturated carbocycles. The number of anilines is 1. The normalized spacial score (nSPS) is 17.2. The average Bonchev–Trinajstić information content (AvgIpc) is 3.05. The number of ether oxygens (including phenoxy) is 2. The summed E-state index contributed by atoms with van der Waals surface area (Å²) < 4.78 is 24.1. The number of morpholine rings is 1. The molecule has 168 valence electrons. The Hall–Kier alpha value is -3.23. The third kappa shape index (κ3) is 4.66. The number of carbonyl (C=O) groups is 2. The van der Waals surface area contributed by atoms with E-state index in [0.29, 0.717) is 43.2 Å². The molecule has 4 rings (SSSR count). The number of methoxy groups -OCH3 is 1. The molecule has 0 aliphatic carbocycles. The molecule has 0 atom stereocenters. The summed E-state index contributed by atoms with van der Waals surface area (Å²) in [4.78, 5) is 30.2. The van der Waals surface area contributed by atoms with Gasteiger partial charge in [-0.3, -0.25) is 19.4 Å². The van der Waals surface area contributed by atoms with Crippen LogP contribution in [0.2, 0.25) is 0 Å². The van der Waals surface area contributed by atoms with E-state index in [1.54, 1.807) is 24.3 Å². The van der Waals surface area contributed by atoms with Crippen molar-refractivity contribution in [1.82, 2.24) is 9.80 Å². The Kier molecular flexibility index (Phi) is 6.82. The van der Waals surface area contributed by atoms with E-state index in [4.69, 9.17) is 9.47 Å². The molecule has 7 nitrogen and oxygen atoms in total. The minimum Gasteiger partial charge on any atom is -0.496 e. The summed E-state index contributed by atoms with van der Waals surface area (Å²) in [6.07, 6.45) is 0.667. The summed E-state index contributed by atoms with van der Waals surface area (Å²) >= 11 is 0. The first kappa shape index (κ1) is 22.0. The number of benzene rings is 2. The summed E-state index contributed by atoms with van der Waals surface area (Å²) in [5.41, 5.74) is 1.47. The zero-order valence-electron chi connectivity index (χ0n) is 18.0. The van der Waals surface area contributed by atoms with E-state index in [2.05, 4.69) is 10.2 Å². The van der Waals surface area contributed by atoms with Gasteiger partial charge in [-0.2, -0.15) is 0 Å². The van der Waals surface area contributed by atoms with Crippen molar-refractivity contribution in [3.05, 3.63) is 65.6 Å². The first-order chi connectivity index (χ1) is 15.6. The van der Waals surface area contributed by atoms with Crippen molar-refractivity contribution >= 4 is 23.1 Å². The van der Waals surface area contributed by atoms with Gasteiger partial charge in [0.25, 0.3) is 11.8 Å². The number of imide groups is 1. The summed E-state index contributed by atoms with van der Waals surface area (Å²) in [7, 11) is 1.52. The minimum absolute atomic E-state index is 0.164. The Balaban J connectivity index is 1.59. The van der Waals surface area contributed by atoms with E-state index in [0.717, 1.165) is 19.6 Å². The maximum atomic E-state index is 13.4. The zero-order valence-corrected chi connectivity index (χ0v) is 18.0. The molecule has 2 amide bonds. The van der Waals surface area contributed by atoms with E-state index in [1.165, 1.54) is 36.3 Å². The van der Waals surface area contributed by atoms with Crippen molar-refractivity contribution in [3.63, 3.8) is 0 Å². The maximum Gasteiger partial charge on any atom is 0.278 e. The van der Waals surface area contributed by atoms with Crippen molar-refractivity contribution in [2.75, 3.05) is 51.8 Å². The Morgan fingerprint density at radius 3 is 2.44 bits per heavy atom. The van der Waals surface area contributed by atoms with Crippen LogP contribution in [0.4, 0.5) is 10.1 Å². The molecule has 2 aromatic carbocycles. The van der Waals surface area contributed by atoms with Gasteiger partial charge in [0.05, 0.1) is 25.9 Å². The quantitative estimate of drug-likeness (QED) is 0.638. The van der Waals surface area contributed by atoms with E-state index < -0.39 is 5.91 Å². The van der Waals surface area contributed by atoms with Gasteiger partial charge in [0.1, 0.15) is 17.3 Å². The lowest BCUT2D eigenvalue weighted by atomic mass is 10.0. The second-order valence-corrected chi connectivity index (χ2v) is 7.65. The smallest absolute Gasteiger partial charge is 0.278 e. The van der Waals surface area contributed by atoms with Crippen LogP contribution in [-0.2, 0) is 14.3 Å². The van der Waals surface area contributed by atoms with Gasteiger partial charge in [-0.1, -0.05) is 18.2 Å². The van der Waals surface area contributed by atoms with E-state index in [9.17, 15) is 14.0 Å². The van der Waals surface area contributed by atoms with Gasteiger partial charge >= 0.3 is 0 Å². The first-order valence-corrected chi connectivity index (χ1v) is 10.6. The Labute approximate surface area is 186 Å². The third-order valence-corrected chi connectivity index (χ3v) is 5.62. The molecule has 1 fully saturated rings. The highest BCUT2D eigenvalue weighted by molar-refractivity contribution is 6.37. The maximum absolute atomic E-state index is 13.4. The molecule has 2 aliphatic heterocycles. The second kappa shape index (κ2) is 9.93. The van der Waals surface area contributed by atoms with E-state index in [-0.39, 0.29) is 23.0 Å². The van der Waals surface area contributed by atoms with Crippen LogP contribution in [0.25, 0.3) is 5.57 Å². The summed E-state index contributed by atoms with van der Waals surface area (Å²) in [5, 5.41) is 3.04. The lowest BCUT2D eigenvalue weighted by Gasteiger charge is -2.27. The van der Waals surface area contributed by atoms with Gasteiger partial charge in [0.15, 0.2) is 0 Å². The summed E-state index contributed by atoms with van der Waals surface area (Å²) in [6, 6.07) is 12.7. The van der Waals surface area contributed by atoms with Crippen LogP contribution in [0.1, 0.15) is 12.0 Å². The molecule has 32 heavy (non-hydrogen) atoms. The van der Waals surface area contributed by atoms with Crippen LogP contribution < -0.4 is 10.1 Å².